The van der Waals surface area contributed by atoms with Gasteiger partial charge in [-0.3, -0.25) is 4.79 Å². The number of carbonyl (C=O) groups is 3. The van der Waals surface area contributed by atoms with Crippen LogP contribution in [0, 0.1) is 28.6 Å². The minimum Gasteiger partial charge on any atom is -0.458 e. The molecular formula is C31H40O10. The van der Waals surface area contributed by atoms with E-state index >= 15 is 0 Å². The fourth-order valence-corrected chi connectivity index (χ4v) is 9.93. The minimum atomic E-state index is -1.99. The van der Waals surface area contributed by atoms with Crippen LogP contribution < -0.4 is 0 Å². The Morgan fingerprint density at radius 1 is 1.15 bits per heavy atom. The molecule has 7 aliphatic rings. The largest absolute Gasteiger partial charge is 0.458 e. The Bertz CT molecular complexity index is 1230. The van der Waals surface area contributed by atoms with E-state index in [0.717, 1.165) is 36.7 Å². The van der Waals surface area contributed by atoms with Gasteiger partial charge in [-0.15, -0.1) is 0 Å². The first kappa shape index (κ1) is 27.7. The van der Waals surface area contributed by atoms with Gasteiger partial charge in [0.1, 0.15) is 12.9 Å². The van der Waals surface area contributed by atoms with E-state index in [1.54, 1.807) is 6.08 Å². The van der Waals surface area contributed by atoms with Gasteiger partial charge in [0.2, 0.25) is 6.29 Å². The van der Waals surface area contributed by atoms with Gasteiger partial charge in [-0.05, 0) is 75.2 Å². The summed E-state index contributed by atoms with van der Waals surface area (Å²) in [6, 6.07) is 0. The molecule has 4 aliphatic carbocycles. The molecule has 7 rings (SSSR count). The summed E-state index contributed by atoms with van der Waals surface area (Å²) in [7, 11) is 0. The molecule has 5 fully saturated rings. The highest BCUT2D eigenvalue weighted by atomic mass is 16.8. The van der Waals surface area contributed by atoms with Crippen LogP contribution in [0.15, 0.2) is 23.3 Å². The van der Waals surface area contributed by atoms with Gasteiger partial charge in [0.05, 0.1) is 29.3 Å². The quantitative estimate of drug-likeness (QED) is 0.295. The molecule has 224 valence electrons. The van der Waals surface area contributed by atoms with Crippen LogP contribution in [0.1, 0.15) is 72.1 Å². The summed E-state index contributed by atoms with van der Waals surface area (Å²) in [4.78, 5) is 36.9. The third kappa shape index (κ3) is 3.76. The summed E-state index contributed by atoms with van der Waals surface area (Å²) in [6.07, 6.45) is 5.83. The Hall–Kier alpha value is -2.11. The van der Waals surface area contributed by atoms with Crippen LogP contribution in [-0.2, 0) is 38.1 Å². The summed E-state index contributed by atoms with van der Waals surface area (Å²) < 4.78 is 29.3. The van der Waals surface area contributed by atoms with Crippen molar-refractivity contribution in [1.82, 2.24) is 0 Å². The van der Waals surface area contributed by atoms with Crippen molar-refractivity contribution in [1.29, 1.82) is 0 Å². The maximum atomic E-state index is 13.2. The number of hydrogen-bond acceptors (Lipinski definition) is 10. The van der Waals surface area contributed by atoms with Gasteiger partial charge in [-0.2, -0.15) is 0 Å². The smallest absolute Gasteiger partial charge is 0.331 e. The summed E-state index contributed by atoms with van der Waals surface area (Å²) in [5.74, 6) is -3.02. The summed E-state index contributed by atoms with van der Waals surface area (Å²) in [5.41, 5.74) is -0.323. The summed E-state index contributed by atoms with van der Waals surface area (Å²) in [5, 5.41) is 24.1. The molecule has 0 spiro atoms. The molecule has 41 heavy (non-hydrogen) atoms. The van der Waals surface area contributed by atoms with Crippen LogP contribution >= 0.6 is 0 Å². The van der Waals surface area contributed by atoms with Crippen molar-refractivity contribution >= 4 is 18.2 Å². The third-order valence-corrected chi connectivity index (χ3v) is 11.9. The zero-order valence-electron chi connectivity index (χ0n) is 23.9. The Morgan fingerprint density at radius 3 is 2.66 bits per heavy atom. The standard InChI is InChI=1S/C31H40O10/c1-16-10-25(39-17(2)33)31(36)27(38-16)40-23-12-19-4-5-22-21(29(19,15-32)13-24(23)41-31)6-8-28(3)20(7-9-30(22,28)35)18-11-26(34)37-14-18/h4,11,15-16,20-25,27,35-36H,5-10,12-14H2,1-3H3/t16-,20-,21+,22-,23-,24-,25+,27+,28-,29-,30+,31+/m1/s1. The van der Waals surface area contributed by atoms with Crippen LogP contribution in [0.4, 0.5) is 0 Å². The van der Waals surface area contributed by atoms with Gasteiger partial charge in [-0.25, -0.2) is 4.79 Å². The average Bonchev–Trinajstić information content (AvgIpc) is 3.46. The molecule has 10 heteroatoms. The highest BCUT2D eigenvalue weighted by molar-refractivity contribution is 5.85. The van der Waals surface area contributed by atoms with Gasteiger partial charge in [0.25, 0.3) is 5.79 Å². The number of rotatable bonds is 3. The van der Waals surface area contributed by atoms with Gasteiger partial charge in [0.15, 0.2) is 6.10 Å². The lowest BCUT2D eigenvalue weighted by atomic mass is 9.45. The molecule has 0 aromatic carbocycles. The highest BCUT2D eigenvalue weighted by Crippen LogP contribution is 2.69. The first-order valence-corrected chi connectivity index (χ1v) is 15.1. The monoisotopic (exact) mass is 572 g/mol. The number of allylic oxidation sites excluding steroid dienone is 1. The Morgan fingerprint density at radius 2 is 1.95 bits per heavy atom. The first-order chi connectivity index (χ1) is 19.4. The van der Waals surface area contributed by atoms with Crippen molar-refractivity contribution in [2.75, 3.05) is 6.61 Å². The molecule has 12 atom stereocenters. The lowest BCUT2D eigenvalue weighted by Crippen LogP contribution is -2.70. The van der Waals surface area contributed by atoms with Crippen LogP contribution in [0.5, 0.6) is 0 Å². The molecule has 0 radical (unpaired) electrons. The van der Waals surface area contributed by atoms with Crippen molar-refractivity contribution in [3.8, 4) is 0 Å². The van der Waals surface area contributed by atoms with E-state index in [1.165, 1.54) is 6.92 Å². The second kappa shape index (κ2) is 9.19. The normalized spacial score (nSPS) is 52.0. The lowest BCUT2D eigenvalue weighted by molar-refractivity contribution is -0.453. The van der Waals surface area contributed by atoms with Crippen molar-refractivity contribution in [3.05, 3.63) is 23.3 Å². The number of hydrogen-bond donors (Lipinski definition) is 2. The lowest BCUT2D eigenvalue weighted by Gasteiger charge is -2.62. The minimum absolute atomic E-state index is 0.0568. The van der Waals surface area contributed by atoms with Crippen LogP contribution in [0.2, 0.25) is 0 Å². The molecule has 0 unspecified atom stereocenters. The van der Waals surface area contributed by atoms with E-state index < -0.39 is 52.8 Å². The maximum Gasteiger partial charge on any atom is 0.331 e. The van der Waals surface area contributed by atoms with Crippen molar-refractivity contribution in [3.63, 3.8) is 0 Å². The van der Waals surface area contributed by atoms with E-state index in [-0.39, 0.29) is 42.9 Å². The van der Waals surface area contributed by atoms with E-state index in [2.05, 4.69) is 13.0 Å². The second-order valence-corrected chi connectivity index (χ2v) is 13.7. The molecule has 2 saturated heterocycles. The molecule has 3 saturated carbocycles. The molecule has 0 aromatic rings. The number of carbonyl (C=O) groups excluding carboxylic acids is 3. The van der Waals surface area contributed by atoms with E-state index in [9.17, 15) is 24.6 Å². The average molecular weight is 573 g/mol. The summed E-state index contributed by atoms with van der Waals surface area (Å²) >= 11 is 0. The van der Waals surface area contributed by atoms with Crippen molar-refractivity contribution in [2.24, 2.45) is 28.6 Å². The van der Waals surface area contributed by atoms with E-state index in [4.69, 9.17) is 23.7 Å². The third-order valence-electron chi connectivity index (χ3n) is 11.9. The maximum absolute atomic E-state index is 13.2. The Labute approximate surface area is 239 Å². The zero-order valence-corrected chi connectivity index (χ0v) is 23.9. The molecule has 3 aliphatic heterocycles. The number of esters is 2. The number of cyclic esters (lactones) is 1. The number of aliphatic hydroxyl groups is 2. The fraction of sp³-hybridized carbons (Fsp3) is 0.774. The molecule has 3 heterocycles. The summed E-state index contributed by atoms with van der Waals surface area (Å²) in [6.45, 7) is 5.54. The second-order valence-electron chi connectivity index (χ2n) is 13.7. The predicted octanol–water partition coefficient (Wildman–Crippen LogP) is 2.49. The topological polar surface area (TPSA) is 138 Å². The molecule has 0 aromatic heterocycles. The molecule has 0 amide bonds. The fourth-order valence-electron chi connectivity index (χ4n) is 9.93. The number of ether oxygens (including phenoxy) is 5. The van der Waals surface area contributed by atoms with Crippen LogP contribution in [0.3, 0.4) is 0 Å². The zero-order chi connectivity index (χ0) is 28.9. The SMILES string of the molecule is CC(=O)O[C@H]1C[C@@H](C)O[C@H]2O[C@@H]3CC4=CC[C@@H]5[C@H](CC[C@]6(C)[C@@H](C7=CC(=O)OC7)CC[C@]56O)[C@@]4(C=O)C[C@H]3O[C@]21O. The van der Waals surface area contributed by atoms with Gasteiger partial charge in [0, 0.05) is 24.8 Å². The van der Waals surface area contributed by atoms with Crippen LogP contribution in [-0.4, -0.2) is 77.1 Å². The van der Waals surface area contributed by atoms with E-state index in [1.807, 2.05) is 6.92 Å². The van der Waals surface area contributed by atoms with Gasteiger partial charge < -0.3 is 38.7 Å². The Balaban J connectivity index is 1.19. The van der Waals surface area contributed by atoms with Gasteiger partial charge in [-0.1, -0.05) is 18.6 Å². The van der Waals surface area contributed by atoms with Crippen molar-refractivity contribution < 1.29 is 48.3 Å². The number of fused-ring (bicyclic) bond motifs is 7. The van der Waals surface area contributed by atoms with Crippen molar-refractivity contribution in [2.45, 2.75) is 114 Å². The molecular weight excluding hydrogens is 532 g/mol. The van der Waals surface area contributed by atoms with E-state index in [0.29, 0.717) is 25.7 Å². The Kier molecular flexibility index (Phi) is 6.21. The van der Waals surface area contributed by atoms with Gasteiger partial charge >= 0.3 is 11.9 Å². The predicted molar refractivity (Wildman–Crippen MR) is 141 cm³/mol. The van der Waals surface area contributed by atoms with Crippen LogP contribution in [0.25, 0.3) is 0 Å². The molecule has 10 nitrogen and oxygen atoms in total. The first-order valence-electron chi connectivity index (χ1n) is 15.1. The molecule has 0 bridgehead atoms. The highest BCUT2D eigenvalue weighted by Gasteiger charge is 2.69. The number of aldehydes is 1. The molecule has 2 N–H and O–H groups in total.